The molecule has 3 aromatic rings. The zero-order chi connectivity index (χ0) is 15.7. The molecule has 0 saturated heterocycles. The highest BCUT2D eigenvalue weighted by Gasteiger charge is 2.14. The number of rotatable bonds is 4. The maximum atomic E-state index is 6.19. The van der Waals surface area contributed by atoms with Gasteiger partial charge in [0.25, 0.3) is 0 Å². The van der Waals surface area contributed by atoms with E-state index in [1.54, 1.807) is 0 Å². The summed E-state index contributed by atoms with van der Waals surface area (Å²) in [6, 6.07) is 14.1. The van der Waals surface area contributed by atoms with Crippen LogP contribution in [0.4, 0.5) is 0 Å². The Bertz CT molecular complexity index is 791. The van der Waals surface area contributed by atoms with Crippen molar-refractivity contribution < 1.29 is 4.74 Å². The summed E-state index contributed by atoms with van der Waals surface area (Å²) < 4.78 is 7.80. The summed E-state index contributed by atoms with van der Waals surface area (Å²) in [5, 5.41) is 0. The van der Waals surface area contributed by atoms with Crippen molar-refractivity contribution in [1.29, 1.82) is 0 Å². The Morgan fingerprint density at radius 1 is 1.14 bits per heavy atom. The SMILES string of the molecule is Cc1cccc2nc(-c3ccc(OC(C)C)cc3)c(CCl)n12. The van der Waals surface area contributed by atoms with Crippen molar-refractivity contribution in [1.82, 2.24) is 9.38 Å². The molecule has 3 rings (SSSR count). The molecule has 0 radical (unpaired) electrons. The van der Waals surface area contributed by atoms with Gasteiger partial charge in [-0.15, -0.1) is 11.6 Å². The van der Waals surface area contributed by atoms with Gasteiger partial charge in [0.2, 0.25) is 0 Å². The highest BCUT2D eigenvalue weighted by molar-refractivity contribution is 6.17. The Hall–Kier alpha value is -2.00. The molecule has 3 nitrogen and oxygen atoms in total. The molecule has 0 bridgehead atoms. The zero-order valence-corrected chi connectivity index (χ0v) is 13.8. The molecular formula is C18H19ClN2O. The standard InChI is InChI=1S/C18H19ClN2O/c1-12(2)22-15-9-7-14(8-10-15)18-16(11-19)21-13(3)5-4-6-17(21)20-18/h4-10,12H,11H2,1-3H3. The van der Waals surface area contributed by atoms with Gasteiger partial charge < -0.3 is 4.74 Å². The minimum atomic E-state index is 0.169. The summed E-state index contributed by atoms with van der Waals surface area (Å²) in [6.07, 6.45) is 0.169. The summed E-state index contributed by atoms with van der Waals surface area (Å²) in [5.74, 6) is 1.29. The van der Waals surface area contributed by atoms with Crippen LogP contribution in [0.2, 0.25) is 0 Å². The van der Waals surface area contributed by atoms with Crippen molar-refractivity contribution in [2.75, 3.05) is 0 Å². The minimum Gasteiger partial charge on any atom is -0.491 e. The van der Waals surface area contributed by atoms with Gasteiger partial charge in [-0.2, -0.15) is 0 Å². The molecule has 2 heterocycles. The molecule has 1 aromatic carbocycles. The van der Waals surface area contributed by atoms with Crippen molar-refractivity contribution >= 4 is 17.2 Å². The van der Waals surface area contributed by atoms with Crippen molar-refractivity contribution in [3.8, 4) is 17.0 Å². The highest BCUT2D eigenvalue weighted by Crippen LogP contribution is 2.28. The van der Waals surface area contributed by atoms with Gasteiger partial charge in [0.1, 0.15) is 11.4 Å². The Morgan fingerprint density at radius 3 is 2.50 bits per heavy atom. The number of alkyl halides is 1. The van der Waals surface area contributed by atoms with Crippen LogP contribution in [0, 0.1) is 6.92 Å². The van der Waals surface area contributed by atoms with Crippen LogP contribution in [0.3, 0.4) is 0 Å². The molecule has 0 spiro atoms. The van der Waals surface area contributed by atoms with E-state index in [1.807, 2.05) is 50.2 Å². The number of aromatic nitrogens is 2. The Balaban J connectivity index is 2.08. The molecule has 22 heavy (non-hydrogen) atoms. The second kappa shape index (κ2) is 6.01. The predicted octanol–water partition coefficient (Wildman–Crippen LogP) is 4.84. The van der Waals surface area contributed by atoms with Crippen LogP contribution in [0.25, 0.3) is 16.9 Å². The second-order valence-corrected chi connectivity index (χ2v) is 5.86. The lowest BCUT2D eigenvalue weighted by Crippen LogP contribution is -2.05. The molecular weight excluding hydrogens is 296 g/mol. The molecule has 0 aliphatic heterocycles. The smallest absolute Gasteiger partial charge is 0.137 e. The molecule has 2 aromatic heterocycles. The van der Waals surface area contributed by atoms with Gasteiger partial charge in [-0.25, -0.2) is 4.98 Å². The number of benzene rings is 1. The normalized spacial score (nSPS) is 11.3. The van der Waals surface area contributed by atoms with E-state index in [0.717, 1.165) is 34.0 Å². The number of halogens is 1. The lowest BCUT2D eigenvalue weighted by molar-refractivity contribution is 0.242. The van der Waals surface area contributed by atoms with Gasteiger partial charge in [0, 0.05) is 11.3 Å². The van der Waals surface area contributed by atoms with Crippen LogP contribution in [0.1, 0.15) is 25.2 Å². The van der Waals surface area contributed by atoms with Gasteiger partial charge in [-0.05, 0) is 57.2 Å². The summed E-state index contributed by atoms with van der Waals surface area (Å²) in [4.78, 5) is 4.74. The lowest BCUT2D eigenvalue weighted by Gasteiger charge is -2.10. The van der Waals surface area contributed by atoms with E-state index in [-0.39, 0.29) is 6.10 Å². The molecule has 0 aliphatic rings. The molecule has 0 fully saturated rings. The fourth-order valence-electron chi connectivity index (χ4n) is 2.64. The minimum absolute atomic E-state index is 0.169. The van der Waals surface area contributed by atoms with Crippen LogP contribution >= 0.6 is 11.6 Å². The molecule has 0 atom stereocenters. The van der Waals surface area contributed by atoms with E-state index in [2.05, 4.69) is 17.4 Å². The first-order chi connectivity index (χ1) is 10.6. The molecule has 0 amide bonds. The third kappa shape index (κ3) is 2.69. The van der Waals surface area contributed by atoms with Crippen molar-refractivity contribution in [2.45, 2.75) is 32.8 Å². The van der Waals surface area contributed by atoms with E-state index >= 15 is 0 Å². The lowest BCUT2D eigenvalue weighted by atomic mass is 10.1. The number of nitrogens with zero attached hydrogens (tertiary/aromatic N) is 2. The van der Waals surface area contributed by atoms with Gasteiger partial charge in [0.15, 0.2) is 0 Å². The summed E-state index contributed by atoms with van der Waals surface area (Å²) in [7, 11) is 0. The largest absolute Gasteiger partial charge is 0.491 e. The van der Waals surface area contributed by atoms with E-state index in [9.17, 15) is 0 Å². The van der Waals surface area contributed by atoms with E-state index in [4.69, 9.17) is 21.3 Å². The number of aryl methyl sites for hydroxylation is 1. The summed E-state index contributed by atoms with van der Waals surface area (Å²) >= 11 is 6.19. The van der Waals surface area contributed by atoms with Crippen LogP contribution < -0.4 is 4.74 Å². The zero-order valence-electron chi connectivity index (χ0n) is 13.0. The Kier molecular flexibility index (Phi) is 4.08. The van der Waals surface area contributed by atoms with Crippen LogP contribution in [0.15, 0.2) is 42.5 Å². The molecule has 0 unspecified atom stereocenters. The predicted molar refractivity (Wildman–Crippen MR) is 90.7 cm³/mol. The number of fused-ring (bicyclic) bond motifs is 1. The highest BCUT2D eigenvalue weighted by atomic mass is 35.5. The number of imidazole rings is 1. The van der Waals surface area contributed by atoms with Crippen molar-refractivity contribution in [3.63, 3.8) is 0 Å². The molecule has 0 aliphatic carbocycles. The number of hydrogen-bond acceptors (Lipinski definition) is 2. The van der Waals surface area contributed by atoms with Gasteiger partial charge in [-0.1, -0.05) is 6.07 Å². The average Bonchev–Trinajstić information content (AvgIpc) is 2.87. The fourth-order valence-corrected chi connectivity index (χ4v) is 2.89. The maximum absolute atomic E-state index is 6.19. The van der Waals surface area contributed by atoms with Gasteiger partial charge in [0.05, 0.1) is 23.4 Å². The van der Waals surface area contributed by atoms with Crippen LogP contribution in [-0.4, -0.2) is 15.5 Å². The van der Waals surface area contributed by atoms with Crippen LogP contribution in [-0.2, 0) is 5.88 Å². The molecule has 4 heteroatoms. The fraction of sp³-hybridized carbons (Fsp3) is 0.278. The first kappa shape index (κ1) is 14.9. The Labute approximate surface area is 135 Å². The van der Waals surface area contributed by atoms with Gasteiger partial charge in [-0.3, -0.25) is 4.40 Å². The van der Waals surface area contributed by atoms with Gasteiger partial charge >= 0.3 is 0 Å². The van der Waals surface area contributed by atoms with E-state index < -0.39 is 0 Å². The average molecular weight is 315 g/mol. The summed E-state index contributed by atoms with van der Waals surface area (Å²) in [5.41, 5.74) is 5.06. The summed E-state index contributed by atoms with van der Waals surface area (Å²) in [6.45, 7) is 6.10. The van der Waals surface area contributed by atoms with E-state index in [0.29, 0.717) is 5.88 Å². The monoisotopic (exact) mass is 314 g/mol. The van der Waals surface area contributed by atoms with Crippen molar-refractivity contribution in [3.05, 3.63) is 53.9 Å². The topological polar surface area (TPSA) is 26.5 Å². The van der Waals surface area contributed by atoms with Crippen LogP contribution in [0.5, 0.6) is 5.75 Å². The Morgan fingerprint density at radius 2 is 1.86 bits per heavy atom. The number of ether oxygens (including phenoxy) is 1. The molecule has 0 N–H and O–H groups in total. The van der Waals surface area contributed by atoms with Crippen molar-refractivity contribution in [2.24, 2.45) is 0 Å². The molecule has 114 valence electrons. The third-order valence-electron chi connectivity index (χ3n) is 3.56. The second-order valence-electron chi connectivity index (χ2n) is 5.59. The maximum Gasteiger partial charge on any atom is 0.137 e. The quantitative estimate of drug-likeness (QED) is 0.644. The number of hydrogen-bond donors (Lipinski definition) is 0. The van der Waals surface area contributed by atoms with E-state index in [1.165, 1.54) is 0 Å². The molecule has 0 saturated carbocycles. The first-order valence-corrected chi connectivity index (χ1v) is 7.93. The first-order valence-electron chi connectivity index (χ1n) is 7.40. The third-order valence-corrected chi connectivity index (χ3v) is 3.81. The number of pyridine rings is 1.